The Bertz CT molecular complexity index is 832. The molecule has 118 valence electrons. The van der Waals surface area contributed by atoms with Gasteiger partial charge in [0.15, 0.2) is 0 Å². The molecule has 0 aliphatic rings. The molecular formula is C15H9Cl3N2O3. The summed E-state index contributed by atoms with van der Waals surface area (Å²) < 4.78 is 10.2. The molecule has 23 heavy (non-hydrogen) atoms. The number of ether oxygens (including phenoxy) is 2. The highest BCUT2D eigenvalue weighted by Crippen LogP contribution is 2.36. The highest BCUT2D eigenvalue weighted by atomic mass is 35.5. The van der Waals surface area contributed by atoms with E-state index in [1.807, 2.05) is 6.07 Å². The van der Waals surface area contributed by atoms with Crippen LogP contribution in [0.2, 0.25) is 15.1 Å². The number of carbonyl (C=O) groups is 1. The van der Waals surface area contributed by atoms with E-state index in [-0.39, 0.29) is 37.8 Å². The minimum atomic E-state index is -0.592. The monoisotopic (exact) mass is 370 g/mol. The number of esters is 1. The van der Waals surface area contributed by atoms with E-state index in [2.05, 4.69) is 9.72 Å². The van der Waals surface area contributed by atoms with Gasteiger partial charge in [-0.2, -0.15) is 5.26 Å². The van der Waals surface area contributed by atoms with E-state index in [0.717, 1.165) is 0 Å². The van der Waals surface area contributed by atoms with Crippen LogP contribution in [0.4, 0.5) is 0 Å². The maximum absolute atomic E-state index is 11.6. The van der Waals surface area contributed by atoms with Gasteiger partial charge in [0.05, 0.1) is 33.4 Å². The lowest BCUT2D eigenvalue weighted by atomic mass is 10.1. The molecule has 0 aliphatic carbocycles. The summed E-state index contributed by atoms with van der Waals surface area (Å²) in [6.07, 6.45) is 0. The first-order chi connectivity index (χ1) is 10.9. The fourth-order valence-corrected chi connectivity index (χ4v) is 2.32. The number of rotatable bonds is 3. The smallest absolute Gasteiger partial charge is 0.339 e. The number of pyridine rings is 1. The Morgan fingerprint density at radius 2 is 1.83 bits per heavy atom. The molecule has 5 nitrogen and oxygen atoms in total. The van der Waals surface area contributed by atoms with Gasteiger partial charge in [0.1, 0.15) is 17.4 Å². The molecule has 0 N–H and O–H groups in total. The normalized spacial score (nSPS) is 10.1. The van der Waals surface area contributed by atoms with Crippen LogP contribution in [0.25, 0.3) is 0 Å². The lowest BCUT2D eigenvalue weighted by molar-refractivity contribution is 0.0599. The van der Waals surface area contributed by atoms with Gasteiger partial charge in [0.2, 0.25) is 5.88 Å². The SMILES string of the molecule is COC(=O)c1cc(C#N)c(Oc2cc(Cl)c(Cl)cc2Cl)nc1C. The van der Waals surface area contributed by atoms with Crippen LogP contribution in [0.3, 0.4) is 0 Å². The van der Waals surface area contributed by atoms with Crippen LogP contribution in [0.15, 0.2) is 18.2 Å². The molecule has 0 bridgehead atoms. The van der Waals surface area contributed by atoms with Crippen molar-refractivity contribution in [1.82, 2.24) is 4.98 Å². The Kier molecular flexibility index (Phi) is 5.32. The minimum Gasteiger partial charge on any atom is -0.465 e. The molecule has 0 atom stereocenters. The summed E-state index contributed by atoms with van der Waals surface area (Å²) in [7, 11) is 1.24. The van der Waals surface area contributed by atoms with E-state index in [9.17, 15) is 10.1 Å². The number of halogens is 3. The first-order valence-electron chi connectivity index (χ1n) is 6.19. The zero-order chi connectivity index (χ0) is 17.1. The predicted octanol–water partition coefficient (Wildman–Crippen LogP) is 4.80. The number of aromatic nitrogens is 1. The molecule has 0 saturated heterocycles. The Hall–Kier alpha value is -2.00. The average molecular weight is 372 g/mol. The third-order valence-electron chi connectivity index (χ3n) is 2.89. The quantitative estimate of drug-likeness (QED) is 0.572. The van der Waals surface area contributed by atoms with Crippen LogP contribution in [-0.2, 0) is 4.74 Å². The standard InChI is InChI=1S/C15H9Cl3N2O3/c1-7-9(15(21)22-2)3-8(6-19)14(20-7)23-13-5-11(17)10(16)4-12(13)18/h3-5H,1-2H3. The third-order valence-corrected chi connectivity index (χ3v) is 3.90. The van der Waals surface area contributed by atoms with E-state index >= 15 is 0 Å². The fourth-order valence-electron chi connectivity index (χ4n) is 1.74. The topological polar surface area (TPSA) is 72.2 Å². The lowest BCUT2D eigenvalue weighted by Crippen LogP contribution is -2.07. The molecule has 0 aliphatic heterocycles. The third kappa shape index (κ3) is 3.67. The van der Waals surface area contributed by atoms with E-state index in [1.165, 1.54) is 25.3 Å². The van der Waals surface area contributed by atoms with Crippen molar-refractivity contribution in [1.29, 1.82) is 5.26 Å². The molecule has 2 aromatic rings. The largest absolute Gasteiger partial charge is 0.465 e. The van der Waals surface area contributed by atoms with Crippen LogP contribution >= 0.6 is 34.8 Å². The molecule has 0 spiro atoms. The van der Waals surface area contributed by atoms with Gasteiger partial charge in [-0.15, -0.1) is 0 Å². The van der Waals surface area contributed by atoms with Crippen molar-refractivity contribution in [2.24, 2.45) is 0 Å². The number of aryl methyl sites for hydroxylation is 1. The first kappa shape index (κ1) is 17.4. The fraction of sp³-hybridized carbons (Fsp3) is 0.133. The number of methoxy groups -OCH3 is 1. The zero-order valence-corrected chi connectivity index (χ0v) is 14.3. The van der Waals surface area contributed by atoms with Crippen molar-refractivity contribution in [3.05, 3.63) is 50.1 Å². The average Bonchev–Trinajstić information content (AvgIpc) is 2.52. The second-order valence-electron chi connectivity index (χ2n) is 4.38. The van der Waals surface area contributed by atoms with Crippen LogP contribution in [0, 0.1) is 18.3 Å². The number of benzene rings is 1. The maximum Gasteiger partial charge on any atom is 0.339 e. The van der Waals surface area contributed by atoms with Gasteiger partial charge < -0.3 is 9.47 Å². The minimum absolute atomic E-state index is 0.00191. The lowest BCUT2D eigenvalue weighted by Gasteiger charge is -2.11. The molecule has 2 rings (SSSR count). The van der Waals surface area contributed by atoms with E-state index in [1.54, 1.807) is 6.92 Å². The van der Waals surface area contributed by atoms with Gasteiger partial charge in [-0.1, -0.05) is 34.8 Å². The van der Waals surface area contributed by atoms with Crippen LogP contribution in [-0.4, -0.2) is 18.1 Å². The van der Waals surface area contributed by atoms with E-state index < -0.39 is 5.97 Å². The molecule has 0 fully saturated rings. The Labute approximate surface area is 147 Å². The van der Waals surface area contributed by atoms with E-state index in [4.69, 9.17) is 39.5 Å². The van der Waals surface area contributed by atoms with Gasteiger partial charge in [0, 0.05) is 6.07 Å². The first-order valence-corrected chi connectivity index (χ1v) is 7.33. The highest BCUT2D eigenvalue weighted by Gasteiger charge is 2.18. The highest BCUT2D eigenvalue weighted by molar-refractivity contribution is 6.43. The van der Waals surface area contributed by atoms with Gasteiger partial charge >= 0.3 is 5.97 Å². The summed E-state index contributed by atoms with van der Waals surface area (Å²) in [4.78, 5) is 15.8. The summed E-state index contributed by atoms with van der Waals surface area (Å²) in [5.74, 6) is -0.404. The number of carbonyl (C=O) groups excluding carboxylic acids is 1. The van der Waals surface area contributed by atoms with Crippen molar-refractivity contribution < 1.29 is 14.3 Å². The molecule has 1 aromatic carbocycles. The number of nitrogens with zero attached hydrogens (tertiary/aromatic N) is 2. The molecule has 0 radical (unpaired) electrons. The summed E-state index contributed by atoms with van der Waals surface area (Å²) in [6, 6.07) is 6.09. The van der Waals surface area contributed by atoms with Crippen LogP contribution in [0.1, 0.15) is 21.6 Å². The van der Waals surface area contributed by atoms with Crippen molar-refractivity contribution in [2.75, 3.05) is 7.11 Å². The molecule has 0 unspecified atom stereocenters. The maximum atomic E-state index is 11.6. The second kappa shape index (κ2) is 7.05. The van der Waals surface area contributed by atoms with Gasteiger partial charge in [-0.05, 0) is 19.1 Å². The Balaban J connectivity index is 2.49. The summed E-state index contributed by atoms with van der Waals surface area (Å²) in [6.45, 7) is 1.59. The molecular weight excluding hydrogens is 363 g/mol. The molecule has 0 saturated carbocycles. The summed E-state index contributed by atoms with van der Waals surface area (Å²) >= 11 is 17.8. The second-order valence-corrected chi connectivity index (χ2v) is 5.60. The van der Waals surface area contributed by atoms with Crippen LogP contribution in [0.5, 0.6) is 11.6 Å². The number of hydrogen-bond donors (Lipinski definition) is 0. The molecule has 1 aromatic heterocycles. The number of hydrogen-bond acceptors (Lipinski definition) is 5. The van der Waals surface area contributed by atoms with Crippen LogP contribution < -0.4 is 4.74 Å². The van der Waals surface area contributed by atoms with Crippen molar-refractivity contribution in [3.63, 3.8) is 0 Å². The van der Waals surface area contributed by atoms with E-state index in [0.29, 0.717) is 5.69 Å². The van der Waals surface area contributed by atoms with Crippen molar-refractivity contribution in [2.45, 2.75) is 6.92 Å². The predicted molar refractivity (Wildman–Crippen MR) is 86.6 cm³/mol. The molecule has 1 heterocycles. The van der Waals surface area contributed by atoms with Gasteiger partial charge in [-0.25, -0.2) is 9.78 Å². The number of nitriles is 1. The molecule has 8 heteroatoms. The Morgan fingerprint density at radius 1 is 1.17 bits per heavy atom. The van der Waals surface area contributed by atoms with Crippen molar-refractivity contribution >= 4 is 40.8 Å². The summed E-state index contributed by atoms with van der Waals surface area (Å²) in [5, 5.41) is 9.96. The Morgan fingerprint density at radius 3 is 2.43 bits per heavy atom. The van der Waals surface area contributed by atoms with Gasteiger partial charge in [-0.3, -0.25) is 0 Å². The van der Waals surface area contributed by atoms with Crippen molar-refractivity contribution in [3.8, 4) is 17.7 Å². The zero-order valence-electron chi connectivity index (χ0n) is 12.0. The summed E-state index contributed by atoms with van der Waals surface area (Å²) in [5.41, 5.74) is 0.580. The molecule has 0 amide bonds. The van der Waals surface area contributed by atoms with Gasteiger partial charge in [0.25, 0.3) is 0 Å².